The summed E-state index contributed by atoms with van der Waals surface area (Å²) in [5, 5.41) is 10.9. The molecular weight excluding hydrogens is 356 g/mol. The predicted molar refractivity (Wildman–Crippen MR) is 106 cm³/mol. The van der Waals surface area contributed by atoms with Gasteiger partial charge in [-0.05, 0) is 38.1 Å². The molecule has 1 aliphatic rings. The van der Waals surface area contributed by atoms with Crippen molar-refractivity contribution in [2.75, 3.05) is 18.0 Å². The van der Waals surface area contributed by atoms with Crippen LogP contribution in [0.15, 0.2) is 42.7 Å². The number of hydrogen-bond donors (Lipinski definition) is 1. The molecule has 0 unspecified atom stereocenters. The molecule has 1 N–H and O–H groups in total. The molecule has 0 radical (unpaired) electrons. The molecule has 2 aromatic heterocycles. The standard InChI is InChI=1S/C21H22N4O3/c1-14-13-23-15(2)19(24-14)25-10-7-21(8-11-25,20(26)27)28-17-5-6-18-16(12-17)4-3-9-22-18/h3-6,9,12-13H,7-8,10-11H2,1-2H3,(H,26,27). The van der Waals surface area contributed by atoms with Crippen molar-refractivity contribution >= 4 is 22.7 Å². The van der Waals surface area contributed by atoms with Gasteiger partial charge in [0.15, 0.2) is 0 Å². The average molecular weight is 378 g/mol. The number of carboxylic acid groups (broad SMARTS) is 1. The third-order valence-corrected chi connectivity index (χ3v) is 5.20. The molecule has 7 heteroatoms. The van der Waals surface area contributed by atoms with Crippen molar-refractivity contribution in [2.45, 2.75) is 32.3 Å². The van der Waals surface area contributed by atoms with Gasteiger partial charge in [0.2, 0.25) is 5.60 Å². The second-order valence-electron chi connectivity index (χ2n) is 7.17. The van der Waals surface area contributed by atoms with Crippen LogP contribution < -0.4 is 9.64 Å². The summed E-state index contributed by atoms with van der Waals surface area (Å²) in [4.78, 5) is 27.4. The molecule has 1 saturated heterocycles. The molecule has 0 amide bonds. The van der Waals surface area contributed by atoms with E-state index in [-0.39, 0.29) is 0 Å². The van der Waals surface area contributed by atoms with E-state index in [4.69, 9.17) is 4.74 Å². The zero-order valence-corrected chi connectivity index (χ0v) is 15.9. The van der Waals surface area contributed by atoms with Crippen LogP contribution >= 0.6 is 0 Å². The molecule has 28 heavy (non-hydrogen) atoms. The number of aromatic nitrogens is 3. The Labute approximate surface area is 163 Å². The third kappa shape index (κ3) is 3.35. The van der Waals surface area contributed by atoms with E-state index in [1.807, 2.05) is 38.1 Å². The molecule has 3 aromatic rings. The zero-order valence-electron chi connectivity index (χ0n) is 15.9. The summed E-state index contributed by atoms with van der Waals surface area (Å²) in [6, 6.07) is 9.26. The van der Waals surface area contributed by atoms with Crippen LogP contribution in [0.4, 0.5) is 5.82 Å². The highest BCUT2D eigenvalue weighted by atomic mass is 16.5. The minimum Gasteiger partial charge on any atom is -0.478 e. The van der Waals surface area contributed by atoms with Crippen molar-refractivity contribution in [1.82, 2.24) is 15.0 Å². The number of carboxylic acids is 1. The van der Waals surface area contributed by atoms with Crippen LogP contribution in [-0.2, 0) is 4.79 Å². The van der Waals surface area contributed by atoms with Gasteiger partial charge in [0.25, 0.3) is 0 Å². The van der Waals surface area contributed by atoms with Crippen LogP contribution in [0.5, 0.6) is 5.75 Å². The van der Waals surface area contributed by atoms with Crippen molar-refractivity contribution in [2.24, 2.45) is 0 Å². The van der Waals surface area contributed by atoms with Crippen LogP contribution in [0.1, 0.15) is 24.2 Å². The Bertz CT molecular complexity index is 1030. The number of rotatable bonds is 4. The smallest absolute Gasteiger partial charge is 0.348 e. The fourth-order valence-corrected chi connectivity index (χ4v) is 3.61. The Morgan fingerprint density at radius 3 is 2.71 bits per heavy atom. The van der Waals surface area contributed by atoms with Gasteiger partial charge in [0, 0.05) is 43.7 Å². The van der Waals surface area contributed by atoms with Crippen molar-refractivity contribution in [3.63, 3.8) is 0 Å². The Hall–Kier alpha value is -3.22. The highest BCUT2D eigenvalue weighted by Gasteiger charge is 2.44. The number of nitrogens with zero attached hydrogens (tertiary/aromatic N) is 4. The van der Waals surface area contributed by atoms with E-state index in [1.165, 1.54) is 0 Å². The first kappa shape index (κ1) is 18.2. The molecular formula is C21H22N4O3. The van der Waals surface area contributed by atoms with Gasteiger partial charge >= 0.3 is 5.97 Å². The predicted octanol–water partition coefficient (Wildman–Crippen LogP) is 3.14. The fraction of sp³-hybridized carbons (Fsp3) is 0.333. The quantitative estimate of drug-likeness (QED) is 0.746. The molecule has 0 saturated carbocycles. The van der Waals surface area contributed by atoms with Gasteiger partial charge < -0.3 is 14.7 Å². The van der Waals surface area contributed by atoms with E-state index in [9.17, 15) is 9.90 Å². The van der Waals surface area contributed by atoms with E-state index >= 15 is 0 Å². The zero-order chi connectivity index (χ0) is 19.7. The third-order valence-electron chi connectivity index (χ3n) is 5.20. The van der Waals surface area contributed by atoms with Gasteiger partial charge in [-0.1, -0.05) is 6.07 Å². The first-order valence-electron chi connectivity index (χ1n) is 9.29. The minimum atomic E-state index is -1.25. The van der Waals surface area contributed by atoms with E-state index in [0.717, 1.165) is 28.1 Å². The summed E-state index contributed by atoms with van der Waals surface area (Å²) in [6.07, 6.45) is 4.19. The van der Waals surface area contributed by atoms with Gasteiger partial charge in [0.05, 0.1) is 16.9 Å². The van der Waals surface area contributed by atoms with Crippen molar-refractivity contribution in [3.05, 3.63) is 54.1 Å². The molecule has 0 spiro atoms. The highest BCUT2D eigenvalue weighted by Crippen LogP contribution is 2.32. The first-order chi connectivity index (χ1) is 13.5. The number of anilines is 1. The molecule has 1 aliphatic heterocycles. The molecule has 7 nitrogen and oxygen atoms in total. The first-order valence-corrected chi connectivity index (χ1v) is 9.29. The molecule has 1 fully saturated rings. The van der Waals surface area contributed by atoms with Crippen LogP contribution in [-0.4, -0.2) is 44.7 Å². The largest absolute Gasteiger partial charge is 0.478 e. The number of benzene rings is 1. The van der Waals surface area contributed by atoms with Crippen molar-refractivity contribution in [3.8, 4) is 5.75 Å². The summed E-state index contributed by atoms with van der Waals surface area (Å²) in [6.45, 7) is 4.90. The molecule has 0 atom stereocenters. The van der Waals surface area contributed by atoms with Crippen LogP contribution in [0.2, 0.25) is 0 Å². The maximum atomic E-state index is 12.1. The number of hydrogen-bond acceptors (Lipinski definition) is 6. The van der Waals surface area contributed by atoms with Gasteiger partial charge in [0.1, 0.15) is 11.6 Å². The molecule has 144 valence electrons. The Morgan fingerprint density at radius 1 is 1.18 bits per heavy atom. The van der Waals surface area contributed by atoms with E-state index in [0.29, 0.717) is 31.7 Å². The van der Waals surface area contributed by atoms with Gasteiger partial charge in [-0.2, -0.15) is 0 Å². The number of pyridine rings is 1. The molecule has 0 aliphatic carbocycles. The van der Waals surface area contributed by atoms with E-state index < -0.39 is 11.6 Å². The summed E-state index contributed by atoms with van der Waals surface area (Å²) in [5.41, 5.74) is 1.29. The summed E-state index contributed by atoms with van der Waals surface area (Å²) in [5.74, 6) is 0.420. The Morgan fingerprint density at radius 2 is 1.96 bits per heavy atom. The summed E-state index contributed by atoms with van der Waals surface area (Å²) >= 11 is 0. The molecule has 0 bridgehead atoms. The maximum absolute atomic E-state index is 12.1. The van der Waals surface area contributed by atoms with Crippen LogP contribution in [0.3, 0.4) is 0 Å². The lowest BCUT2D eigenvalue weighted by Gasteiger charge is -2.39. The number of aliphatic carboxylic acids is 1. The summed E-state index contributed by atoms with van der Waals surface area (Å²) in [7, 11) is 0. The SMILES string of the molecule is Cc1cnc(C)c(N2CCC(Oc3ccc4ncccc4c3)(C(=O)O)CC2)n1. The molecule has 3 heterocycles. The number of fused-ring (bicyclic) bond motifs is 1. The second kappa shape index (κ2) is 7.07. The van der Waals surface area contributed by atoms with Crippen molar-refractivity contribution in [1.29, 1.82) is 0 Å². The van der Waals surface area contributed by atoms with E-state index in [2.05, 4.69) is 19.9 Å². The van der Waals surface area contributed by atoms with Crippen molar-refractivity contribution < 1.29 is 14.6 Å². The number of aryl methyl sites for hydroxylation is 2. The number of carbonyl (C=O) groups is 1. The normalized spacial score (nSPS) is 16.1. The lowest BCUT2D eigenvalue weighted by Crippen LogP contribution is -2.53. The van der Waals surface area contributed by atoms with Crippen LogP contribution in [0, 0.1) is 13.8 Å². The average Bonchev–Trinajstić information content (AvgIpc) is 2.70. The molecule has 1 aromatic carbocycles. The van der Waals surface area contributed by atoms with E-state index in [1.54, 1.807) is 18.5 Å². The van der Waals surface area contributed by atoms with Gasteiger partial charge in [-0.15, -0.1) is 0 Å². The highest BCUT2D eigenvalue weighted by molar-refractivity contribution is 5.81. The van der Waals surface area contributed by atoms with Gasteiger partial charge in [-0.3, -0.25) is 9.97 Å². The van der Waals surface area contributed by atoms with Gasteiger partial charge in [-0.25, -0.2) is 9.78 Å². The lowest BCUT2D eigenvalue weighted by atomic mass is 9.91. The maximum Gasteiger partial charge on any atom is 0.348 e. The Kier molecular flexibility index (Phi) is 4.58. The second-order valence-corrected chi connectivity index (χ2v) is 7.17. The molecule has 4 rings (SSSR count). The van der Waals surface area contributed by atoms with Crippen LogP contribution in [0.25, 0.3) is 10.9 Å². The fourth-order valence-electron chi connectivity index (χ4n) is 3.61. The summed E-state index contributed by atoms with van der Waals surface area (Å²) < 4.78 is 6.06. The topological polar surface area (TPSA) is 88.4 Å². The lowest BCUT2D eigenvalue weighted by molar-refractivity contribution is -0.157. The minimum absolute atomic E-state index is 0.364. The Balaban J connectivity index is 1.56. The number of piperidine rings is 1. The number of ether oxygens (including phenoxy) is 1. The monoisotopic (exact) mass is 378 g/mol.